The van der Waals surface area contributed by atoms with Gasteiger partial charge in [-0.25, -0.2) is 0 Å². The summed E-state index contributed by atoms with van der Waals surface area (Å²) in [7, 11) is 0. The molecule has 0 fully saturated rings. The Morgan fingerprint density at radius 3 is 1.70 bits per heavy atom. The molecule has 1 unspecified atom stereocenters. The van der Waals surface area contributed by atoms with Crippen LogP contribution in [0.15, 0.2) is 211 Å². The highest BCUT2D eigenvalue weighted by atomic mass is 16.3. The summed E-state index contributed by atoms with van der Waals surface area (Å²) in [5.41, 5.74) is 21.2. The Labute approximate surface area is 357 Å². The Morgan fingerprint density at radius 2 is 0.918 bits per heavy atom. The highest BCUT2D eigenvalue weighted by molar-refractivity contribution is 6.12. The van der Waals surface area contributed by atoms with Crippen LogP contribution in [0.3, 0.4) is 0 Å². The second-order valence-electron chi connectivity index (χ2n) is 17.4. The molecule has 0 aliphatic heterocycles. The van der Waals surface area contributed by atoms with Crippen molar-refractivity contribution in [2.45, 2.75) is 31.6 Å². The molecule has 0 bridgehead atoms. The molecule has 2 heteroatoms. The fourth-order valence-corrected chi connectivity index (χ4v) is 10.7. The summed E-state index contributed by atoms with van der Waals surface area (Å²) in [6, 6.07) is 75.8. The number of hydrogen-bond acceptors (Lipinski definition) is 2. The summed E-state index contributed by atoms with van der Waals surface area (Å²) in [5, 5.41) is 2.28. The van der Waals surface area contributed by atoms with Gasteiger partial charge in [0.1, 0.15) is 11.2 Å². The summed E-state index contributed by atoms with van der Waals surface area (Å²) in [4.78, 5) is 2.50. The predicted octanol–water partition coefficient (Wildman–Crippen LogP) is 16.0. The minimum absolute atomic E-state index is 0.148. The normalized spacial score (nSPS) is 15.7. The summed E-state index contributed by atoms with van der Waals surface area (Å²) >= 11 is 0. The molecule has 1 aromatic heterocycles. The van der Waals surface area contributed by atoms with Crippen LogP contribution in [-0.2, 0) is 10.8 Å². The van der Waals surface area contributed by atoms with Crippen LogP contribution < -0.4 is 4.90 Å². The lowest BCUT2D eigenvalue weighted by Crippen LogP contribution is -2.23. The molecule has 10 aromatic rings. The topological polar surface area (TPSA) is 16.4 Å². The van der Waals surface area contributed by atoms with Crippen LogP contribution >= 0.6 is 0 Å². The van der Waals surface area contributed by atoms with Gasteiger partial charge in [0, 0.05) is 38.5 Å². The number of rotatable bonds is 6. The maximum absolute atomic E-state index is 6.33. The van der Waals surface area contributed by atoms with Crippen LogP contribution in [0.1, 0.15) is 48.6 Å². The van der Waals surface area contributed by atoms with Gasteiger partial charge in [-0.1, -0.05) is 172 Å². The second-order valence-corrected chi connectivity index (χ2v) is 17.4. The number of fused-ring (bicyclic) bond motifs is 9. The van der Waals surface area contributed by atoms with Crippen molar-refractivity contribution in [3.05, 3.63) is 234 Å². The Balaban J connectivity index is 1.07. The number of hydrogen-bond donors (Lipinski definition) is 0. The minimum Gasteiger partial charge on any atom is -0.456 e. The molecule has 290 valence electrons. The molecule has 2 aliphatic carbocycles. The number of para-hydroxylation sites is 2. The lowest BCUT2D eigenvalue weighted by atomic mass is 9.74. The van der Waals surface area contributed by atoms with E-state index in [4.69, 9.17) is 4.42 Å². The van der Waals surface area contributed by atoms with E-state index in [-0.39, 0.29) is 10.8 Å². The first kappa shape index (κ1) is 35.5. The van der Waals surface area contributed by atoms with Gasteiger partial charge in [0.05, 0.1) is 5.69 Å². The van der Waals surface area contributed by atoms with Gasteiger partial charge in [0.15, 0.2) is 0 Å². The molecule has 0 saturated carbocycles. The molecule has 2 nitrogen and oxygen atoms in total. The van der Waals surface area contributed by atoms with Crippen molar-refractivity contribution in [1.29, 1.82) is 0 Å². The second kappa shape index (κ2) is 13.3. The molecule has 1 atom stereocenters. The van der Waals surface area contributed by atoms with E-state index in [0.717, 1.165) is 61.3 Å². The third kappa shape index (κ3) is 5.22. The quantitative estimate of drug-likeness (QED) is 0.167. The van der Waals surface area contributed by atoms with Crippen molar-refractivity contribution in [2.75, 3.05) is 4.90 Å². The first-order valence-electron chi connectivity index (χ1n) is 21.3. The van der Waals surface area contributed by atoms with E-state index >= 15 is 0 Å². The van der Waals surface area contributed by atoms with Gasteiger partial charge in [-0.3, -0.25) is 0 Å². The van der Waals surface area contributed by atoms with E-state index < -0.39 is 0 Å². The Morgan fingerprint density at radius 1 is 0.377 bits per heavy atom. The van der Waals surface area contributed by atoms with Gasteiger partial charge in [-0.15, -0.1) is 0 Å². The largest absolute Gasteiger partial charge is 0.456 e. The lowest BCUT2D eigenvalue weighted by Gasteiger charge is -2.32. The van der Waals surface area contributed by atoms with Crippen LogP contribution in [0.4, 0.5) is 17.1 Å². The molecule has 12 rings (SSSR count). The Hall–Kier alpha value is -7.42. The fourth-order valence-electron chi connectivity index (χ4n) is 10.7. The fraction of sp³-hybridized carbons (Fsp3) is 0.0847. The highest BCUT2D eigenvalue weighted by Gasteiger charge is 2.41. The maximum atomic E-state index is 6.33. The zero-order chi connectivity index (χ0) is 40.9. The summed E-state index contributed by atoms with van der Waals surface area (Å²) in [6.45, 7) is 7.14. The van der Waals surface area contributed by atoms with E-state index in [1.165, 1.54) is 50.1 Å². The van der Waals surface area contributed by atoms with Crippen LogP contribution in [0.5, 0.6) is 0 Å². The van der Waals surface area contributed by atoms with E-state index in [2.05, 4.69) is 226 Å². The molecule has 0 radical (unpaired) electrons. The van der Waals surface area contributed by atoms with Crippen molar-refractivity contribution < 1.29 is 4.42 Å². The van der Waals surface area contributed by atoms with Gasteiger partial charge < -0.3 is 9.32 Å². The first-order valence-corrected chi connectivity index (χ1v) is 21.3. The zero-order valence-corrected chi connectivity index (χ0v) is 34.5. The Bertz CT molecular complexity index is 3370. The smallest absolute Gasteiger partial charge is 0.136 e. The number of furan rings is 1. The lowest BCUT2D eigenvalue weighted by molar-refractivity contribution is 0.660. The average molecular weight is 782 g/mol. The SMILES string of the molecule is CC1(C)c2ccccc2-c2ccc(N(c3ccc4c(c3)C(C)(c3ccccc3)c3ccccc3-4)c3ccccc3-c3cccc(-c4cccc5oc6ccccc6c45)c3)cc21. The molecule has 9 aromatic carbocycles. The van der Waals surface area contributed by atoms with Gasteiger partial charge in [-0.05, 0) is 122 Å². The van der Waals surface area contributed by atoms with Crippen molar-refractivity contribution in [2.24, 2.45) is 0 Å². The third-order valence-corrected chi connectivity index (χ3v) is 13.8. The third-order valence-electron chi connectivity index (χ3n) is 13.8. The van der Waals surface area contributed by atoms with Gasteiger partial charge in [0.25, 0.3) is 0 Å². The molecule has 0 N–H and O–H groups in total. The molecular weight excluding hydrogens is 739 g/mol. The minimum atomic E-state index is -0.331. The standard InChI is InChI=1S/C59H43NO/c1-58(2)50-26-11-7-22-45(50)47-33-31-41(36-52(47)58)60(42-32-34-48-46-23-8-12-27-51(46)59(3,53(48)37-42)40-19-5-4-6-20-40)54-28-13-9-21-43(54)38-17-15-18-39(35-38)44-25-16-30-56-57(44)49-24-10-14-29-55(49)61-56/h4-37H,1-3H3. The predicted molar refractivity (Wildman–Crippen MR) is 254 cm³/mol. The van der Waals surface area contributed by atoms with Crippen molar-refractivity contribution in [3.63, 3.8) is 0 Å². The summed E-state index contributed by atoms with van der Waals surface area (Å²) < 4.78 is 6.33. The molecule has 61 heavy (non-hydrogen) atoms. The highest BCUT2D eigenvalue weighted by Crippen LogP contribution is 2.55. The maximum Gasteiger partial charge on any atom is 0.136 e. The van der Waals surface area contributed by atoms with Crippen molar-refractivity contribution >= 4 is 39.0 Å². The molecule has 1 heterocycles. The van der Waals surface area contributed by atoms with Crippen LogP contribution in [0, 0.1) is 0 Å². The number of anilines is 3. The molecule has 0 spiro atoms. The van der Waals surface area contributed by atoms with E-state index in [1.54, 1.807) is 0 Å². The van der Waals surface area contributed by atoms with Gasteiger partial charge in [-0.2, -0.15) is 0 Å². The summed E-state index contributed by atoms with van der Waals surface area (Å²) in [5.74, 6) is 0. The molecular formula is C59H43NO. The molecule has 0 saturated heterocycles. The van der Waals surface area contributed by atoms with Gasteiger partial charge >= 0.3 is 0 Å². The van der Waals surface area contributed by atoms with Gasteiger partial charge in [0.2, 0.25) is 0 Å². The van der Waals surface area contributed by atoms with Crippen LogP contribution in [0.25, 0.3) is 66.4 Å². The number of nitrogens with zero attached hydrogens (tertiary/aromatic N) is 1. The van der Waals surface area contributed by atoms with E-state index in [0.29, 0.717) is 0 Å². The number of benzene rings is 9. The summed E-state index contributed by atoms with van der Waals surface area (Å²) in [6.07, 6.45) is 0. The Kier molecular flexibility index (Phi) is 7.74. The van der Waals surface area contributed by atoms with Crippen molar-refractivity contribution in [3.8, 4) is 44.5 Å². The first-order chi connectivity index (χ1) is 29.9. The van der Waals surface area contributed by atoms with Crippen molar-refractivity contribution in [1.82, 2.24) is 0 Å². The average Bonchev–Trinajstić information content (AvgIpc) is 3.90. The molecule has 0 amide bonds. The zero-order valence-electron chi connectivity index (χ0n) is 34.5. The molecule has 2 aliphatic rings. The van der Waals surface area contributed by atoms with Crippen LogP contribution in [-0.4, -0.2) is 0 Å². The van der Waals surface area contributed by atoms with E-state index in [1.807, 2.05) is 6.07 Å². The van der Waals surface area contributed by atoms with Crippen LogP contribution in [0.2, 0.25) is 0 Å². The van der Waals surface area contributed by atoms with E-state index in [9.17, 15) is 0 Å². The monoisotopic (exact) mass is 781 g/mol.